The molecule has 1 amide bonds. The van der Waals surface area contributed by atoms with Gasteiger partial charge in [0, 0.05) is 18.7 Å². The van der Waals surface area contributed by atoms with Gasteiger partial charge in [0.2, 0.25) is 0 Å². The van der Waals surface area contributed by atoms with Crippen molar-refractivity contribution in [2.45, 2.75) is 26.4 Å². The smallest absolute Gasteiger partial charge is 0.414 e. The van der Waals surface area contributed by atoms with Crippen molar-refractivity contribution in [1.29, 1.82) is 0 Å². The van der Waals surface area contributed by atoms with Gasteiger partial charge in [0.15, 0.2) is 0 Å². The molecule has 120 valence electrons. The van der Waals surface area contributed by atoms with Gasteiger partial charge < -0.3 is 14.2 Å². The van der Waals surface area contributed by atoms with Gasteiger partial charge in [-0.15, -0.1) is 6.42 Å². The first kappa shape index (κ1) is 17.9. The molecule has 5 heteroatoms. The maximum Gasteiger partial charge on any atom is 0.414 e. The first-order valence-corrected chi connectivity index (χ1v) is 6.96. The Bertz CT molecular complexity index is 555. The maximum atomic E-state index is 12.4. The summed E-state index contributed by atoms with van der Waals surface area (Å²) in [6.07, 6.45) is 5.00. The van der Waals surface area contributed by atoms with Crippen LogP contribution in [0, 0.1) is 12.3 Å². The highest BCUT2D eigenvalue weighted by Crippen LogP contribution is 2.25. The maximum absolute atomic E-state index is 12.4. The lowest BCUT2D eigenvalue weighted by Crippen LogP contribution is -2.38. The molecule has 0 atom stereocenters. The molecule has 0 heterocycles. The van der Waals surface area contributed by atoms with E-state index in [0.717, 1.165) is 0 Å². The second-order valence-electron chi connectivity index (χ2n) is 5.69. The van der Waals surface area contributed by atoms with Crippen LogP contribution < -0.4 is 9.64 Å². The van der Waals surface area contributed by atoms with Crippen molar-refractivity contribution in [2.24, 2.45) is 0 Å². The fourth-order valence-electron chi connectivity index (χ4n) is 1.77. The van der Waals surface area contributed by atoms with Gasteiger partial charge in [-0.05, 0) is 32.9 Å². The average Bonchev–Trinajstić information content (AvgIpc) is 2.45. The van der Waals surface area contributed by atoms with E-state index in [0.29, 0.717) is 30.2 Å². The van der Waals surface area contributed by atoms with Gasteiger partial charge >= 0.3 is 6.09 Å². The highest BCUT2D eigenvalue weighted by Gasteiger charge is 2.24. The predicted molar refractivity (Wildman–Crippen MR) is 86.4 cm³/mol. The van der Waals surface area contributed by atoms with Crippen LogP contribution >= 0.6 is 0 Å². The van der Waals surface area contributed by atoms with Gasteiger partial charge in [0.1, 0.15) is 11.4 Å². The van der Waals surface area contributed by atoms with Crippen LogP contribution in [-0.2, 0) is 9.47 Å². The number of terminal acetylenes is 1. The zero-order chi connectivity index (χ0) is 16.8. The second kappa shape index (κ2) is 7.71. The van der Waals surface area contributed by atoms with E-state index in [9.17, 15) is 4.79 Å². The number of carbonyl (C=O) groups is 1. The van der Waals surface area contributed by atoms with E-state index in [-0.39, 0.29) is 0 Å². The average molecular weight is 305 g/mol. The van der Waals surface area contributed by atoms with E-state index in [2.05, 4.69) is 5.92 Å². The zero-order valence-corrected chi connectivity index (χ0v) is 13.8. The molecule has 0 fully saturated rings. The van der Waals surface area contributed by atoms with E-state index >= 15 is 0 Å². The fourth-order valence-corrected chi connectivity index (χ4v) is 1.77. The van der Waals surface area contributed by atoms with Crippen LogP contribution in [0.4, 0.5) is 10.5 Å². The van der Waals surface area contributed by atoms with Crippen LogP contribution in [-0.4, -0.2) is 39.1 Å². The van der Waals surface area contributed by atoms with Crippen molar-refractivity contribution in [3.8, 4) is 18.1 Å². The van der Waals surface area contributed by atoms with Crippen molar-refractivity contribution < 1.29 is 19.0 Å². The molecule has 0 radical (unpaired) electrons. The molecule has 0 aliphatic rings. The Kier molecular flexibility index (Phi) is 6.26. The van der Waals surface area contributed by atoms with Crippen LogP contribution in [0.1, 0.15) is 26.3 Å². The summed E-state index contributed by atoms with van der Waals surface area (Å²) in [5.41, 5.74) is 0.648. The fraction of sp³-hybridized carbons (Fsp3) is 0.471. The molecule has 0 aliphatic heterocycles. The molecule has 0 spiro atoms. The van der Waals surface area contributed by atoms with E-state index in [1.807, 2.05) is 20.8 Å². The zero-order valence-electron chi connectivity index (χ0n) is 13.8. The number of amides is 1. The summed E-state index contributed by atoms with van der Waals surface area (Å²) in [6.45, 7) is 6.18. The van der Waals surface area contributed by atoms with E-state index in [1.165, 1.54) is 4.90 Å². The summed E-state index contributed by atoms with van der Waals surface area (Å²) in [5.74, 6) is 3.13. The number of nitrogens with zero attached hydrogens (tertiary/aromatic N) is 1. The largest absolute Gasteiger partial charge is 0.497 e. The first-order chi connectivity index (χ1) is 10.3. The van der Waals surface area contributed by atoms with E-state index in [4.69, 9.17) is 20.6 Å². The molecular formula is C17H23NO4. The predicted octanol–water partition coefficient (Wildman–Crippen LogP) is 3.06. The van der Waals surface area contributed by atoms with Crippen LogP contribution in [0.5, 0.6) is 5.75 Å². The Hall–Kier alpha value is -2.19. The van der Waals surface area contributed by atoms with Gasteiger partial charge in [0.05, 0.1) is 25.9 Å². The number of rotatable bonds is 5. The van der Waals surface area contributed by atoms with Crippen LogP contribution in [0.2, 0.25) is 0 Å². The number of anilines is 1. The SMILES string of the molecule is C#Cc1cc(OC)cc(N(CCOC)C(=O)OC(C)(C)C)c1. The summed E-state index contributed by atoms with van der Waals surface area (Å²) in [5, 5.41) is 0. The van der Waals surface area contributed by atoms with Crippen molar-refractivity contribution >= 4 is 11.8 Å². The first-order valence-electron chi connectivity index (χ1n) is 6.96. The molecule has 0 N–H and O–H groups in total. The minimum Gasteiger partial charge on any atom is -0.497 e. The Labute approximate surface area is 132 Å². The van der Waals surface area contributed by atoms with Gasteiger partial charge in [-0.2, -0.15) is 0 Å². The highest BCUT2D eigenvalue weighted by molar-refractivity contribution is 5.88. The summed E-state index contributed by atoms with van der Waals surface area (Å²) in [7, 11) is 3.12. The molecule has 0 aliphatic carbocycles. The Morgan fingerprint density at radius 3 is 2.45 bits per heavy atom. The minimum atomic E-state index is -0.587. The summed E-state index contributed by atoms with van der Waals surface area (Å²) in [4.78, 5) is 13.9. The quantitative estimate of drug-likeness (QED) is 0.784. The third-order valence-electron chi connectivity index (χ3n) is 2.74. The van der Waals surface area contributed by atoms with Crippen molar-refractivity contribution in [1.82, 2.24) is 0 Å². The lowest BCUT2D eigenvalue weighted by molar-refractivity contribution is 0.0569. The second-order valence-corrected chi connectivity index (χ2v) is 5.69. The van der Waals surface area contributed by atoms with Gasteiger partial charge in [0.25, 0.3) is 0 Å². The van der Waals surface area contributed by atoms with Crippen LogP contribution in [0.15, 0.2) is 18.2 Å². The van der Waals surface area contributed by atoms with E-state index in [1.54, 1.807) is 32.4 Å². The molecule has 0 bridgehead atoms. The van der Waals surface area contributed by atoms with Crippen molar-refractivity contribution in [3.05, 3.63) is 23.8 Å². The molecule has 0 unspecified atom stereocenters. The monoisotopic (exact) mass is 305 g/mol. The topological polar surface area (TPSA) is 48.0 Å². The lowest BCUT2D eigenvalue weighted by Gasteiger charge is -2.27. The van der Waals surface area contributed by atoms with Crippen molar-refractivity contribution in [3.63, 3.8) is 0 Å². The highest BCUT2D eigenvalue weighted by atomic mass is 16.6. The Morgan fingerprint density at radius 2 is 1.95 bits per heavy atom. The summed E-state index contributed by atoms with van der Waals surface area (Å²) < 4.78 is 15.7. The molecule has 0 aromatic heterocycles. The van der Waals surface area contributed by atoms with E-state index < -0.39 is 11.7 Å². The number of hydrogen-bond acceptors (Lipinski definition) is 4. The molecule has 0 saturated carbocycles. The number of hydrogen-bond donors (Lipinski definition) is 0. The number of methoxy groups -OCH3 is 2. The third kappa shape index (κ3) is 5.30. The number of ether oxygens (including phenoxy) is 3. The van der Waals surface area contributed by atoms with Gasteiger partial charge in [-0.3, -0.25) is 4.90 Å². The van der Waals surface area contributed by atoms with Crippen LogP contribution in [0.3, 0.4) is 0 Å². The Balaban J connectivity index is 3.16. The molecule has 1 aromatic carbocycles. The van der Waals surface area contributed by atoms with Crippen LogP contribution in [0.25, 0.3) is 0 Å². The number of benzene rings is 1. The lowest BCUT2D eigenvalue weighted by atomic mass is 10.1. The summed E-state index contributed by atoms with van der Waals surface area (Å²) in [6, 6.07) is 5.20. The molecule has 1 rings (SSSR count). The van der Waals surface area contributed by atoms with Gasteiger partial charge in [-0.25, -0.2) is 4.79 Å². The molecule has 22 heavy (non-hydrogen) atoms. The normalized spacial score (nSPS) is 10.7. The molecule has 5 nitrogen and oxygen atoms in total. The van der Waals surface area contributed by atoms with Crippen molar-refractivity contribution in [2.75, 3.05) is 32.3 Å². The Morgan fingerprint density at radius 1 is 1.27 bits per heavy atom. The molecule has 1 aromatic rings. The third-order valence-corrected chi connectivity index (χ3v) is 2.74. The standard InChI is InChI=1S/C17H23NO4/c1-7-13-10-14(12-15(11-13)21-6)18(8-9-20-5)16(19)22-17(2,3)4/h1,10-12H,8-9H2,2-6H3. The minimum absolute atomic E-state index is 0.350. The molecular weight excluding hydrogens is 282 g/mol. The molecule has 0 saturated heterocycles. The summed E-state index contributed by atoms with van der Waals surface area (Å²) >= 11 is 0. The van der Waals surface area contributed by atoms with Gasteiger partial charge in [-0.1, -0.05) is 5.92 Å². The number of carbonyl (C=O) groups excluding carboxylic acids is 1.